The minimum absolute atomic E-state index is 0.479. The minimum Gasteiger partial charge on any atom is -0.308 e. The Hall–Kier alpha value is -1.26. The van der Waals surface area contributed by atoms with E-state index in [9.17, 15) is 0 Å². The molecule has 0 radical (unpaired) electrons. The van der Waals surface area contributed by atoms with Crippen molar-refractivity contribution >= 4 is 11.3 Å². The van der Waals surface area contributed by atoms with Crippen LogP contribution in [0.4, 0.5) is 0 Å². The molecule has 0 amide bonds. The van der Waals surface area contributed by atoms with Gasteiger partial charge in [-0.05, 0) is 30.5 Å². The summed E-state index contributed by atoms with van der Waals surface area (Å²) >= 11 is 1.70. The summed E-state index contributed by atoms with van der Waals surface area (Å²) in [5.74, 6) is 0. The summed E-state index contributed by atoms with van der Waals surface area (Å²) in [7, 11) is 0. The van der Waals surface area contributed by atoms with E-state index in [2.05, 4.69) is 61.4 Å². The molecule has 0 aliphatic rings. The maximum atomic E-state index is 4.27. The molecule has 19 heavy (non-hydrogen) atoms. The van der Waals surface area contributed by atoms with E-state index in [0.29, 0.717) is 6.04 Å². The van der Waals surface area contributed by atoms with Gasteiger partial charge in [-0.25, -0.2) is 0 Å². The third-order valence-corrected chi connectivity index (χ3v) is 4.02. The van der Waals surface area contributed by atoms with Crippen LogP contribution < -0.4 is 5.32 Å². The van der Waals surface area contributed by atoms with E-state index in [4.69, 9.17) is 0 Å². The van der Waals surface area contributed by atoms with Crippen molar-refractivity contribution in [1.29, 1.82) is 0 Å². The molecule has 0 aliphatic carbocycles. The molecule has 102 valence electrons. The summed E-state index contributed by atoms with van der Waals surface area (Å²) in [4.78, 5) is 0. The number of hydrogen-bond acceptors (Lipinski definition) is 4. The second-order valence-corrected chi connectivity index (χ2v) is 6.37. The highest BCUT2D eigenvalue weighted by molar-refractivity contribution is 7.11. The number of nitrogens with zero attached hydrogens (tertiary/aromatic N) is 2. The smallest absolute Gasteiger partial charge is 0.131 e. The van der Waals surface area contributed by atoms with Gasteiger partial charge in [-0.15, -0.1) is 10.2 Å². The molecule has 0 fully saturated rings. The molecule has 0 bridgehead atoms. The van der Waals surface area contributed by atoms with E-state index >= 15 is 0 Å². The Bertz CT molecular complexity index is 546. The van der Waals surface area contributed by atoms with E-state index in [1.54, 1.807) is 11.3 Å². The molecule has 0 saturated carbocycles. The maximum Gasteiger partial charge on any atom is 0.131 e. The molecule has 0 atom stereocenters. The number of hydrogen-bond donors (Lipinski definition) is 1. The molecule has 1 heterocycles. The monoisotopic (exact) mass is 275 g/mol. The third-order valence-electron chi connectivity index (χ3n) is 3.10. The average molecular weight is 275 g/mol. The van der Waals surface area contributed by atoms with E-state index in [1.165, 1.54) is 16.7 Å². The summed E-state index contributed by atoms with van der Waals surface area (Å²) in [5.41, 5.74) is 3.98. The van der Waals surface area contributed by atoms with Gasteiger partial charge in [-0.1, -0.05) is 43.4 Å². The first kappa shape index (κ1) is 14.2. The van der Waals surface area contributed by atoms with Gasteiger partial charge in [0.1, 0.15) is 10.0 Å². The second-order valence-electron chi connectivity index (χ2n) is 5.22. The Kier molecular flexibility index (Phi) is 4.66. The first-order chi connectivity index (χ1) is 9.04. The number of benzene rings is 1. The van der Waals surface area contributed by atoms with Crippen LogP contribution >= 0.6 is 11.3 Å². The van der Waals surface area contributed by atoms with Gasteiger partial charge in [-0.2, -0.15) is 0 Å². The van der Waals surface area contributed by atoms with Crippen molar-refractivity contribution in [3.63, 3.8) is 0 Å². The van der Waals surface area contributed by atoms with E-state index < -0.39 is 0 Å². The number of nitrogens with one attached hydrogen (secondary N) is 1. The lowest BCUT2D eigenvalue weighted by atomic mass is 10.0. The maximum absolute atomic E-state index is 4.27. The van der Waals surface area contributed by atoms with Crippen molar-refractivity contribution in [3.8, 4) is 0 Å². The summed E-state index contributed by atoms with van der Waals surface area (Å²) in [5, 5.41) is 14.0. The fourth-order valence-corrected chi connectivity index (χ4v) is 2.64. The van der Waals surface area contributed by atoms with Gasteiger partial charge in [0.2, 0.25) is 0 Å². The normalized spacial score (nSPS) is 11.2. The Labute approximate surface area is 119 Å². The second kappa shape index (κ2) is 6.26. The van der Waals surface area contributed by atoms with E-state index in [0.717, 1.165) is 23.0 Å². The van der Waals surface area contributed by atoms with Gasteiger partial charge in [0.15, 0.2) is 0 Å². The van der Waals surface area contributed by atoms with Crippen LogP contribution in [-0.2, 0) is 13.0 Å². The molecule has 4 heteroatoms. The quantitative estimate of drug-likeness (QED) is 0.910. The lowest BCUT2D eigenvalue weighted by Crippen LogP contribution is -2.21. The zero-order chi connectivity index (χ0) is 13.8. The van der Waals surface area contributed by atoms with Crippen molar-refractivity contribution in [1.82, 2.24) is 15.5 Å². The van der Waals surface area contributed by atoms with Crippen LogP contribution in [0.25, 0.3) is 0 Å². The molecule has 2 rings (SSSR count). The van der Waals surface area contributed by atoms with Crippen molar-refractivity contribution in [2.45, 2.75) is 46.7 Å². The molecule has 1 N–H and O–H groups in total. The van der Waals surface area contributed by atoms with Gasteiger partial charge >= 0.3 is 0 Å². The van der Waals surface area contributed by atoms with Crippen LogP contribution in [0.3, 0.4) is 0 Å². The molecular formula is C15H21N3S. The first-order valence-corrected chi connectivity index (χ1v) is 7.47. The van der Waals surface area contributed by atoms with Crippen LogP contribution in [0.2, 0.25) is 0 Å². The SMILES string of the molecule is Cc1ccc(Cc2nnc(CNC(C)C)s2)cc1C. The largest absolute Gasteiger partial charge is 0.308 e. The van der Waals surface area contributed by atoms with Crippen LogP contribution in [0.5, 0.6) is 0 Å². The van der Waals surface area contributed by atoms with Crippen LogP contribution in [0.1, 0.15) is 40.6 Å². The van der Waals surface area contributed by atoms with Crippen molar-refractivity contribution in [2.75, 3.05) is 0 Å². The Morgan fingerprint density at radius 1 is 1.11 bits per heavy atom. The summed E-state index contributed by atoms with van der Waals surface area (Å²) in [6.45, 7) is 9.37. The van der Waals surface area contributed by atoms with E-state index in [-0.39, 0.29) is 0 Å². The predicted octanol–water partition coefficient (Wildman–Crippen LogP) is 3.24. The van der Waals surface area contributed by atoms with Gasteiger partial charge in [0.05, 0.1) is 0 Å². The van der Waals surface area contributed by atoms with E-state index in [1.807, 2.05) is 0 Å². The molecule has 2 aromatic rings. The number of aromatic nitrogens is 2. The number of rotatable bonds is 5. The fourth-order valence-electron chi connectivity index (χ4n) is 1.81. The third kappa shape index (κ3) is 4.11. The van der Waals surface area contributed by atoms with Crippen LogP contribution in [0, 0.1) is 13.8 Å². The highest BCUT2D eigenvalue weighted by atomic mass is 32.1. The van der Waals surface area contributed by atoms with Crippen LogP contribution in [0.15, 0.2) is 18.2 Å². The van der Waals surface area contributed by atoms with Gasteiger partial charge in [-0.3, -0.25) is 0 Å². The number of aryl methyl sites for hydroxylation is 2. The average Bonchev–Trinajstić information content (AvgIpc) is 2.79. The highest BCUT2D eigenvalue weighted by Crippen LogP contribution is 2.17. The summed E-state index contributed by atoms with van der Waals surface area (Å²) < 4.78 is 0. The standard InChI is InChI=1S/C15H21N3S/c1-10(2)16-9-15-18-17-14(19-15)8-13-6-5-11(3)12(4)7-13/h5-7,10,16H,8-9H2,1-4H3. The lowest BCUT2D eigenvalue weighted by Gasteiger charge is -2.04. The molecule has 1 aromatic heterocycles. The zero-order valence-electron chi connectivity index (χ0n) is 12.0. The Morgan fingerprint density at radius 2 is 1.84 bits per heavy atom. The Morgan fingerprint density at radius 3 is 2.53 bits per heavy atom. The summed E-state index contributed by atoms with van der Waals surface area (Å²) in [6.07, 6.45) is 0.875. The Balaban J connectivity index is 2.01. The van der Waals surface area contributed by atoms with Gasteiger partial charge < -0.3 is 5.32 Å². The molecule has 0 aliphatic heterocycles. The summed E-state index contributed by atoms with van der Waals surface area (Å²) in [6, 6.07) is 7.07. The molecule has 0 saturated heterocycles. The first-order valence-electron chi connectivity index (χ1n) is 6.65. The van der Waals surface area contributed by atoms with Crippen molar-refractivity contribution in [2.24, 2.45) is 0 Å². The topological polar surface area (TPSA) is 37.8 Å². The fraction of sp³-hybridized carbons (Fsp3) is 0.467. The molecule has 1 aromatic carbocycles. The van der Waals surface area contributed by atoms with Crippen molar-refractivity contribution < 1.29 is 0 Å². The molecule has 3 nitrogen and oxygen atoms in total. The molecule has 0 spiro atoms. The minimum atomic E-state index is 0.479. The van der Waals surface area contributed by atoms with Gasteiger partial charge in [0.25, 0.3) is 0 Å². The molecule has 0 unspecified atom stereocenters. The van der Waals surface area contributed by atoms with Crippen molar-refractivity contribution in [3.05, 3.63) is 44.9 Å². The predicted molar refractivity (Wildman–Crippen MR) is 80.6 cm³/mol. The highest BCUT2D eigenvalue weighted by Gasteiger charge is 2.06. The van der Waals surface area contributed by atoms with Gasteiger partial charge in [0, 0.05) is 19.0 Å². The van der Waals surface area contributed by atoms with Crippen LogP contribution in [-0.4, -0.2) is 16.2 Å². The zero-order valence-corrected chi connectivity index (χ0v) is 12.8. The lowest BCUT2D eigenvalue weighted by molar-refractivity contribution is 0.584. The molecular weight excluding hydrogens is 254 g/mol.